The largest absolute Gasteiger partial charge is 0.480 e. The van der Waals surface area contributed by atoms with Gasteiger partial charge in [-0.3, -0.25) is 4.79 Å². The number of halogens is 2. The normalized spacial score (nSPS) is 19.4. The van der Waals surface area contributed by atoms with Gasteiger partial charge in [0.1, 0.15) is 11.9 Å². The number of aryl methyl sites for hydroxylation is 1. The van der Waals surface area contributed by atoms with Gasteiger partial charge in [0, 0.05) is 11.1 Å². The number of hydrogen-bond donors (Lipinski definition) is 2. The van der Waals surface area contributed by atoms with Crippen LogP contribution in [0.25, 0.3) is 0 Å². The van der Waals surface area contributed by atoms with Gasteiger partial charge in [-0.25, -0.2) is 4.39 Å². The summed E-state index contributed by atoms with van der Waals surface area (Å²) < 4.78 is 13.3. The minimum Gasteiger partial charge on any atom is -0.480 e. The topological polar surface area (TPSA) is 49.3 Å². The average molecular weight is 300 g/mol. The van der Waals surface area contributed by atoms with E-state index in [2.05, 4.69) is 5.32 Å². The number of carbonyl (C=O) groups is 1. The van der Waals surface area contributed by atoms with Crippen molar-refractivity contribution in [3.8, 4) is 0 Å². The minimum absolute atomic E-state index is 0.0816. The average Bonchev–Trinajstić information content (AvgIpc) is 2.38. The van der Waals surface area contributed by atoms with Gasteiger partial charge in [0.25, 0.3) is 0 Å². The van der Waals surface area contributed by atoms with Crippen molar-refractivity contribution in [3.05, 3.63) is 34.1 Å². The zero-order chi connectivity index (χ0) is 14.7. The van der Waals surface area contributed by atoms with Crippen LogP contribution in [-0.4, -0.2) is 23.2 Å². The second-order valence-corrected chi connectivity index (χ2v) is 5.72. The fourth-order valence-corrected chi connectivity index (χ4v) is 3.08. The van der Waals surface area contributed by atoms with Crippen LogP contribution in [0.1, 0.15) is 37.3 Å². The molecule has 0 radical (unpaired) electrons. The molecule has 1 aliphatic carbocycles. The molecule has 5 heteroatoms. The van der Waals surface area contributed by atoms with Gasteiger partial charge in [0.05, 0.1) is 0 Å². The molecule has 1 aromatic rings. The first-order chi connectivity index (χ1) is 9.51. The lowest BCUT2D eigenvalue weighted by Crippen LogP contribution is -2.45. The van der Waals surface area contributed by atoms with Gasteiger partial charge in [-0.2, -0.15) is 0 Å². The monoisotopic (exact) mass is 299 g/mol. The molecular weight excluding hydrogens is 281 g/mol. The van der Waals surface area contributed by atoms with Crippen molar-refractivity contribution < 1.29 is 14.3 Å². The Hall–Kier alpha value is -1.13. The lowest BCUT2D eigenvalue weighted by molar-refractivity contribution is -0.139. The summed E-state index contributed by atoms with van der Waals surface area (Å²) >= 11 is 6.09. The van der Waals surface area contributed by atoms with Crippen LogP contribution in [0.15, 0.2) is 12.1 Å². The second kappa shape index (κ2) is 6.55. The zero-order valence-electron chi connectivity index (χ0n) is 11.5. The number of fused-ring (bicyclic) bond motifs is 1. The van der Waals surface area contributed by atoms with Crippen molar-refractivity contribution in [2.45, 2.75) is 51.1 Å². The maximum atomic E-state index is 13.3. The van der Waals surface area contributed by atoms with E-state index in [-0.39, 0.29) is 11.9 Å². The summed E-state index contributed by atoms with van der Waals surface area (Å²) in [6.45, 7) is 1.97. The maximum absolute atomic E-state index is 13.3. The van der Waals surface area contributed by atoms with Crippen LogP contribution in [0.4, 0.5) is 4.39 Å². The highest BCUT2D eigenvalue weighted by Crippen LogP contribution is 2.29. The Morgan fingerprint density at radius 2 is 2.35 bits per heavy atom. The second-order valence-electron chi connectivity index (χ2n) is 5.31. The first kappa shape index (κ1) is 15.3. The van der Waals surface area contributed by atoms with Gasteiger partial charge < -0.3 is 10.4 Å². The van der Waals surface area contributed by atoms with Gasteiger partial charge >= 0.3 is 5.97 Å². The molecule has 2 unspecified atom stereocenters. The molecule has 0 aromatic heterocycles. The van der Waals surface area contributed by atoms with Crippen LogP contribution in [0, 0.1) is 5.82 Å². The molecule has 0 heterocycles. The highest BCUT2D eigenvalue weighted by molar-refractivity contribution is 6.31. The van der Waals surface area contributed by atoms with E-state index in [1.165, 1.54) is 12.1 Å². The third-order valence-corrected chi connectivity index (χ3v) is 4.11. The van der Waals surface area contributed by atoms with Gasteiger partial charge in [-0.05, 0) is 48.9 Å². The molecule has 0 spiro atoms. The Labute approximate surface area is 123 Å². The molecule has 0 fully saturated rings. The SMILES string of the molecule is CCCC(NC1CCc2cc(F)cc(Cl)c2C1)C(=O)O. The van der Waals surface area contributed by atoms with Crippen LogP contribution in [-0.2, 0) is 17.6 Å². The molecule has 2 rings (SSSR count). The maximum Gasteiger partial charge on any atom is 0.320 e. The van der Waals surface area contributed by atoms with Crippen molar-refractivity contribution in [1.82, 2.24) is 5.32 Å². The van der Waals surface area contributed by atoms with Crippen molar-refractivity contribution in [2.75, 3.05) is 0 Å². The van der Waals surface area contributed by atoms with Crippen LogP contribution >= 0.6 is 11.6 Å². The molecule has 2 N–H and O–H groups in total. The number of carboxylic acid groups (broad SMARTS) is 1. The minimum atomic E-state index is -0.817. The van der Waals surface area contributed by atoms with Gasteiger partial charge in [0.15, 0.2) is 0 Å². The molecule has 0 aliphatic heterocycles. The van der Waals surface area contributed by atoms with Crippen molar-refractivity contribution in [1.29, 1.82) is 0 Å². The van der Waals surface area contributed by atoms with Gasteiger partial charge in [-0.1, -0.05) is 24.9 Å². The summed E-state index contributed by atoms with van der Waals surface area (Å²) in [7, 11) is 0. The first-order valence-corrected chi connectivity index (χ1v) is 7.34. The van der Waals surface area contributed by atoms with Crippen LogP contribution in [0.3, 0.4) is 0 Å². The molecule has 0 amide bonds. The lowest BCUT2D eigenvalue weighted by Gasteiger charge is -2.29. The number of aliphatic carboxylic acids is 1. The molecule has 3 nitrogen and oxygen atoms in total. The number of nitrogens with one attached hydrogen (secondary N) is 1. The Morgan fingerprint density at radius 1 is 1.60 bits per heavy atom. The van der Waals surface area contributed by atoms with E-state index >= 15 is 0 Å². The Kier molecular flexibility index (Phi) is 5.00. The van der Waals surface area contributed by atoms with Gasteiger partial charge in [-0.15, -0.1) is 0 Å². The predicted molar refractivity (Wildman–Crippen MR) is 76.7 cm³/mol. The number of carboxylic acids is 1. The van der Waals surface area contributed by atoms with Gasteiger partial charge in [0.2, 0.25) is 0 Å². The molecule has 0 saturated heterocycles. The molecule has 20 heavy (non-hydrogen) atoms. The summed E-state index contributed by atoms with van der Waals surface area (Å²) in [6, 6.07) is 2.41. The predicted octanol–water partition coefficient (Wildman–Crippen LogP) is 3.18. The fourth-order valence-electron chi connectivity index (χ4n) is 2.78. The molecule has 1 aliphatic rings. The van der Waals surface area contributed by atoms with Crippen molar-refractivity contribution >= 4 is 17.6 Å². The highest BCUT2D eigenvalue weighted by Gasteiger charge is 2.25. The summed E-state index contributed by atoms with van der Waals surface area (Å²) in [5.41, 5.74) is 1.88. The molecule has 110 valence electrons. The summed E-state index contributed by atoms with van der Waals surface area (Å²) in [4.78, 5) is 11.2. The summed E-state index contributed by atoms with van der Waals surface area (Å²) in [5, 5.41) is 12.8. The van der Waals surface area contributed by atoms with E-state index < -0.39 is 12.0 Å². The third-order valence-electron chi connectivity index (χ3n) is 3.78. The van der Waals surface area contributed by atoms with E-state index in [0.717, 1.165) is 30.4 Å². The Bertz CT molecular complexity index is 507. The quantitative estimate of drug-likeness (QED) is 0.878. The molecule has 2 atom stereocenters. The van der Waals surface area contributed by atoms with Crippen molar-refractivity contribution in [2.24, 2.45) is 0 Å². The molecule has 0 saturated carbocycles. The standard InChI is InChI=1S/C15H19ClFNO2/c1-2-3-14(15(19)20)18-11-5-4-9-6-10(17)7-13(16)12(9)8-11/h6-7,11,14,18H,2-5,8H2,1H3,(H,19,20). The first-order valence-electron chi connectivity index (χ1n) is 6.97. The van der Waals surface area contributed by atoms with E-state index in [1.807, 2.05) is 6.92 Å². The van der Waals surface area contributed by atoms with Crippen LogP contribution < -0.4 is 5.32 Å². The number of hydrogen-bond acceptors (Lipinski definition) is 2. The van der Waals surface area contributed by atoms with E-state index in [9.17, 15) is 14.3 Å². The Morgan fingerprint density at radius 3 is 3.00 bits per heavy atom. The fraction of sp³-hybridized carbons (Fsp3) is 0.533. The number of benzene rings is 1. The van der Waals surface area contributed by atoms with Crippen molar-refractivity contribution in [3.63, 3.8) is 0 Å². The zero-order valence-corrected chi connectivity index (χ0v) is 12.2. The van der Waals surface area contributed by atoms with E-state index in [0.29, 0.717) is 17.9 Å². The Balaban J connectivity index is 2.09. The third kappa shape index (κ3) is 3.49. The van der Waals surface area contributed by atoms with Crippen LogP contribution in [0.2, 0.25) is 5.02 Å². The smallest absolute Gasteiger partial charge is 0.320 e. The van der Waals surface area contributed by atoms with Crippen LogP contribution in [0.5, 0.6) is 0 Å². The highest BCUT2D eigenvalue weighted by atomic mass is 35.5. The lowest BCUT2D eigenvalue weighted by atomic mass is 9.87. The summed E-state index contributed by atoms with van der Waals surface area (Å²) in [5.74, 6) is -1.13. The summed E-state index contributed by atoms with van der Waals surface area (Å²) in [6.07, 6.45) is 3.61. The van der Waals surface area contributed by atoms with E-state index in [1.54, 1.807) is 0 Å². The molecule has 1 aromatic carbocycles. The van der Waals surface area contributed by atoms with E-state index in [4.69, 9.17) is 11.6 Å². The molecular formula is C15H19ClFNO2. The number of rotatable bonds is 5. The molecule has 0 bridgehead atoms.